The number of aryl methyl sites for hydroxylation is 1. The lowest BCUT2D eigenvalue weighted by Gasteiger charge is -2.08. The van der Waals surface area contributed by atoms with E-state index in [1.165, 1.54) is 6.07 Å². The molecule has 0 aliphatic carbocycles. The van der Waals surface area contributed by atoms with Crippen LogP contribution in [0.4, 0.5) is 5.69 Å². The number of primary amides is 1. The smallest absolute Gasteiger partial charge is 0.217 e. The second-order valence-electron chi connectivity index (χ2n) is 3.30. The molecule has 1 aromatic rings. The van der Waals surface area contributed by atoms with Crippen LogP contribution in [-0.2, 0) is 11.2 Å². The van der Waals surface area contributed by atoms with E-state index in [0.717, 1.165) is 11.1 Å². The molecule has 0 unspecified atom stereocenters. The van der Waals surface area contributed by atoms with E-state index in [9.17, 15) is 9.90 Å². The van der Waals surface area contributed by atoms with Crippen LogP contribution in [0, 0.1) is 6.92 Å². The van der Waals surface area contributed by atoms with Gasteiger partial charge in [-0.1, -0.05) is 0 Å². The first kappa shape index (κ1) is 10.4. The third-order valence-corrected chi connectivity index (χ3v) is 2.11. The van der Waals surface area contributed by atoms with Crippen LogP contribution in [0.3, 0.4) is 0 Å². The molecule has 0 aromatic heterocycles. The Balaban J connectivity index is 2.91. The van der Waals surface area contributed by atoms with Crippen LogP contribution in [0.15, 0.2) is 12.1 Å². The predicted molar refractivity (Wildman–Crippen MR) is 54.8 cm³/mol. The molecule has 4 heteroatoms. The molecular formula is C10H14N2O2. The van der Waals surface area contributed by atoms with Gasteiger partial charge in [-0.3, -0.25) is 4.79 Å². The van der Waals surface area contributed by atoms with Crippen molar-refractivity contribution in [1.82, 2.24) is 0 Å². The van der Waals surface area contributed by atoms with Gasteiger partial charge in [-0.05, 0) is 30.5 Å². The number of anilines is 1. The number of amides is 1. The number of rotatable bonds is 3. The quantitative estimate of drug-likeness (QED) is 0.619. The predicted octanol–water partition coefficient (Wildman–Crippen LogP) is 0.701. The fourth-order valence-corrected chi connectivity index (χ4v) is 1.41. The molecular weight excluding hydrogens is 180 g/mol. The topological polar surface area (TPSA) is 89.3 Å². The lowest BCUT2D eigenvalue weighted by atomic mass is 10.0. The zero-order valence-electron chi connectivity index (χ0n) is 8.08. The Morgan fingerprint density at radius 2 is 2.14 bits per heavy atom. The van der Waals surface area contributed by atoms with Crippen molar-refractivity contribution in [2.24, 2.45) is 5.73 Å². The highest BCUT2D eigenvalue weighted by Gasteiger charge is 2.06. The summed E-state index contributed by atoms with van der Waals surface area (Å²) < 4.78 is 0. The van der Waals surface area contributed by atoms with Crippen molar-refractivity contribution in [3.05, 3.63) is 23.3 Å². The average Bonchev–Trinajstić information content (AvgIpc) is 2.01. The SMILES string of the molecule is Cc1cc(O)cc(N)c1CCC(N)=O. The molecule has 0 spiro atoms. The molecule has 14 heavy (non-hydrogen) atoms. The molecule has 1 rings (SSSR count). The van der Waals surface area contributed by atoms with E-state index >= 15 is 0 Å². The van der Waals surface area contributed by atoms with Crippen LogP contribution < -0.4 is 11.5 Å². The molecule has 0 radical (unpaired) electrons. The Kier molecular flexibility index (Phi) is 2.96. The van der Waals surface area contributed by atoms with Crippen LogP contribution in [-0.4, -0.2) is 11.0 Å². The van der Waals surface area contributed by atoms with E-state index < -0.39 is 0 Å². The Hall–Kier alpha value is -1.71. The first-order chi connectivity index (χ1) is 6.50. The third-order valence-electron chi connectivity index (χ3n) is 2.11. The standard InChI is InChI=1S/C10H14N2O2/c1-6-4-7(13)5-9(11)8(6)2-3-10(12)14/h4-5,13H,2-3,11H2,1H3,(H2,12,14). The molecule has 76 valence electrons. The maximum atomic E-state index is 10.6. The van der Waals surface area contributed by atoms with Gasteiger partial charge in [0.25, 0.3) is 0 Å². The summed E-state index contributed by atoms with van der Waals surface area (Å²) in [4.78, 5) is 10.6. The summed E-state index contributed by atoms with van der Waals surface area (Å²) in [5.41, 5.74) is 13.0. The lowest BCUT2D eigenvalue weighted by Crippen LogP contribution is -2.12. The van der Waals surface area contributed by atoms with Crippen molar-refractivity contribution in [3.8, 4) is 5.75 Å². The third kappa shape index (κ3) is 2.39. The molecule has 4 nitrogen and oxygen atoms in total. The highest BCUT2D eigenvalue weighted by atomic mass is 16.3. The number of benzene rings is 1. The van der Waals surface area contributed by atoms with E-state index in [1.807, 2.05) is 6.92 Å². The first-order valence-corrected chi connectivity index (χ1v) is 4.37. The molecule has 1 amide bonds. The minimum atomic E-state index is -0.350. The molecule has 0 atom stereocenters. The van der Waals surface area contributed by atoms with Gasteiger partial charge in [-0.2, -0.15) is 0 Å². The Morgan fingerprint density at radius 1 is 1.50 bits per heavy atom. The van der Waals surface area contributed by atoms with E-state index in [2.05, 4.69) is 0 Å². The zero-order chi connectivity index (χ0) is 10.7. The first-order valence-electron chi connectivity index (χ1n) is 4.37. The number of phenolic OH excluding ortho intramolecular Hbond substituents is 1. The number of hydrogen-bond acceptors (Lipinski definition) is 3. The van der Waals surface area contributed by atoms with Gasteiger partial charge in [0, 0.05) is 18.2 Å². The fourth-order valence-electron chi connectivity index (χ4n) is 1.41. The van der Waals surface area contributed by atoms with Crippen LogP contribution >= 0.6 is 0 Å². The van der Waals surface area contributed by atoms with Gasteiger partial charge >= 0.3 is 0 Å². The average molecular weight is 194 g/mol. The molecule has 0 aliphatic heterocycles. The van der Waals surface area contributed by atoms with E-state index in [-0.39, 0.29) is 18.1 Å². The fraction of sp³-hybridized carbons (Fsp3) is 0.300. The maximum Gasteiger partial charge on any atom is 0.217 e. The Labute approximate surface area is 82.5 Å². The van der Waals surface area contributed by atoms with Crippen LogP contribution in [0.5, 0.6) is 5.75 Å². The number of nitrogen functional groups attached to an aromatic ring is 1. The van der Waals surface area contributed by atoms with E-state index in [0.29, 0.717) is 12.1 Å². The van der Waals surface area contributed by atoms with Crippen molar-refractivity contribution < 1.29 is 9.90 Å². The summed E-state index contributed by atoms with van der Waals surface area (Å²) in [5.74, 6) is -0.209. The van der Waals surface area contributed by atoms with Gasteiger partial charge in [-0.25, -0.2) is 0 Å². The Morgan fingerprint density at radius 3 is 2.64 bits per heavy atom. The highest BCUT2D eigenvalue weighted by Crippen LogP contribution is 2.24. The molecule has 0 fully saturated rings. The normalized spacial score (nSPS) is 10.1. The molecule has 5 N–H and O–H groups in total. The Bertz CT molecular complexity index is 338. The number of aromatic hydroxyl groups is 1. The lowest BCUT2D eigenvalue weighted by molar-refractivity contribution is -0.117. The molecule has 1 aromatic carbocycles. The summed E-state index contributed by atoms with van der Waals surface area (Å²) in [5, 5.41) is 9.22. The summed E-state index contributed by atoms with van der Waals surface area (Å²) >= 11 is 0. The van der Waals surface area contributed by atoms with Crippen molar-refractivity contribution in [2.75, 3.05) is 5.73 Å². The molecule has 0 saturated carbocycles. The minimum absolute atomic E-state index is 0.142. The van der Waals surface area contributed by atoms with E-state index in [4.69, 9.17) is 11.5 Å². The van der Waals surface area contributed by atoms with Crippen LogP contribution in [0.25, 0.3) is 0 Å². The number of phenols is 1. The van der Waals surface area contributed by atoms with Gasteiger partial charge in [0.05, 0.1) is 0 Å². The highest BCUT2D eigenvalue weighted by molar-refractivity contribution is 5.74. The molecule has 0 saturated heterocycles. The van der Waals surface area contributed by atoms with Crippen molar-refractivity contribution in [2.45, 2.75) is 19.8 Å². The summed E-state index contributed by atoms with van der Waals surface area (Å²) in [7, 11) is 0. The molecule has 0 aliphatic rings. The summed E-state index contributed by atoms with van der Waals surface area (Å²) in [6, 6.07) is 3.09. The van der Waals surface area contributed by atoms with Gasteiger partial charge in [0.1, 0.15) is 5.75 Å². The van der Waals surface area contributed by atoms with E-state index in [1.54, 1.807) is 6.07 Å². The zero-order valence-corrected chi connectivity index (χ0v) is 8.08. The number of nitrogens with two attached hydrogens (primary N) is 2. The largest absolute Gasteiger partial charge is 0.508 e. The van der Waals surface area contributed by atoms with Crippen molar-refractivity contribution in [1.29, 1.82) is 0 Å². The summed E-state index contributed by atoms with van der Waals surface area (Å²) in [6.07, 6.45) is 0.795. The van der Waals surface area contributed by atoms with Crippen LogP contribution in [0.1, 0.15) is 17.5 Å². The monoisotopic (exact) mass is 194 g/mol. The molecule has 0 bridgehead atoms. The molecule has 0 heterocycles. The van der Waals surface area contributed by atoms with Gasteiger partial charge in [-0.15, -0.1) is 0 Å². The van der Waals surface area contributed by atoms with Crippen LogP contribution in [0.2, 0.25) is 0 Å². The van der Waals surface area contributed by atoms with Crippen molar-refractivity contribution >= 4 is 11.6 Å². The van der Waals surface area contributed by atoms with Gasteiger partial charge in [0.15, 0.2) is 0 Å². The second kappa shape index (κ2) is 4.00. The maximum absolute atomic E-state index is 10.6. The minimum Gasteiger partial charge on any atom is -0.508 e. The van der Waals surface area contributed by atoms with Gasteiger partial charge in [0.2, 0.25) is 5.91 Å². The number of carbonyl (C=O) groups excluding carboxylic acids is 1. The summed E-state index contributed by atoms with van der Waals surface area (Å²) in [6.45, 7) is 1.84. The van der Waals surface area contributed by atoms with Crippen molar-refractivity contribution in [3.63, 3.8) is 0 Å². The number of carbonyl (C=O) groups is 1. The number of hydrogen-bond donors (Lipinski definition) is 3. The van der Waals surface area contributed by atoms with Gasteiger partial charge < -0.3 is 16.6 Å². The second-order valence-corrected chi connectivity index (χ2v) is 3.30.